The number of carbonyl (C=O) groups excluding carboxylic acids is 2. The predicted molar refractivity (Wildman–Crippen MR) is 295 cm³/mol. The molecule has 0 aromatic heterocycles. The summed E-state index contributed by atoms with van der Waals surface area (Å²) < 4.78 is 82.5. The number of quaternary nitrogens is 2. The number of unbranched alkanes of at least 4 members (excludes halogenated alkanes) is 3. The topological polar surface area (TPSA) is 163 Å². The number of esters is 2. The molecule has 2 heterocycles. The normalized spacial score (nSPS) is 18.3. The van der Waals surface area contributed by atoms with Crippen LogP contribution in [-0.4, -0.2) is 160 Å². The molecule has 430 valence electrons. The van der Waals surface area contributed by atoms with Crippen LogP contribution in [0.15, 0.2) is 36.4 Å². The van der Waals surface area contributed by atoms with Gasteiger partial charge in [-0.1, -0.05) is 12.8 Å². The summed E-state index contributed by atoms with van der Waals surface area (Å²) in [4.78, 5) is 26.0. The molecule has 0 bridgehead atoms. The first kappa shape index (κ1) is 60.6. The Kier molecular flexibility index (Phi) is 22.0. The van der Waals surface area contributed by atoms with E-state index in [1.165, 1.54) is 0 Å². The van der Waals surface area contributed by atoms with Gasteiger partial charge in [-0.05, 0) is 71.5 Å². The monoisotopic (exact) mass is 1090 g/mol. The minimum atomic E-state index is -0.218. The first-order chi connectivity index (χ1) is 37.7. The molecule has 0 saturated heterocycles. The molecule has 78 heavy (non-hydrogen) atoms. The molecule has 18 heteroatoms. The number of methoxy groups -OCH3 is 12. The van der Waals surface area contributed by atoms with Crippen molar-refractivity contribution in [3.05, 3.63) is 69.8 Å². The molecule has 6 rings (SSSR count). The highest BCUT2D eigenvalue weighted by molar-refractivity contribution is 5.70. The number of rotatable bonds is 31. The number of fused-ring (bicyclic) bond motifs is 2. The van der Waals surface area contributed by atoms with E-state index >= 15 is 0 Å². The van der Waals surface area contributed by atoms with Crippen LogP contribution in [0.3, 0.4) is 0 Å². The lowest BCUT2D eigenvalue weighted by Crippen LogP contribution is -2.53. The highest BCUT2D eigenvalue weighted by Crippen LogP contribution is 2.53. The quantitative estimate of drug-likeness (QED) is 0.0266. The summed E-state index contributed by atoms with van der Waals surface area (Å²) >= 11 is 0. The van der Waals surface area contributed by atoms with Gasteiger partial charge in [0, 0.05) is 51.4 Å². The molecule has 0 radical (unpaired) electrons. The van der Waals surface area contributed by atoms with E-state index in [0.29, 0.717) is 143 Å². The van der Waals surface area contributed by atoms with Crippen molar-refractivity contribution in [3.8, 4) is 69.0 Å². The number of ether oxygens (including phenoxy) is 14. The summed E-state index contributed by atoms with van der Waals surface area (Å²) in [6.07, 6.45) is 7.80. The highest BCUT2D eigenvalue weighted by Gasteiger charge is 2.45. The van der Waals surface area contributed by atoms with E-state index in [4.69, 9.17) is 66.3 Å². The van der Waals surface area contributed by atoms with Crippen molar-refractivity contribution in [2.45, 2.75) is 89.1 Å². The van der Waals surface area contributed by atoms with E-state index in [1.54, 1.807) is 85.3 Å². The zero-order valence-electron chi connectivity index (χ0n) is 48.8. The lowest BCUT2D eigenvalue weighted by molar-refractivity contribution is -0.941. The van der Waals surface area contributed by atoms with Crippen molar-refractivity contribution in [1.29, 1.82) is 0 Å². The van der Waals surface area contributed by atoms with Gasteiger partial charge in [-0.25, -0.2) is 0 Å². The lowest BCUT2D eigenvalue weighted by atomic mass is 9.85. The average molecular weight is 1090 g/mol. The van der Waals surface area contributed by atoms with Gasteiger partial charge in [-0.3, -0.25) is 9.59 Å². The minimum absolute atomic E-state index is 0.0654. The molecule has 4 atom stereocenters. The van der Waals surface area contributed by atoms with Crippen LogP contribution < -0.4 is 56.8 Å². The van der Waals surface area contributed by atoms with Crippen LogP contribution in [0.1, 0.15) is 96.8 Å². The van der Waals surface area contributed by atoms with E-state index in [-0.39, 0.29) is 24.0 Å². The fourth-order valence-corrected chi connectivity index (χ4v) is 11.7. The van der Waals surface area contributed by atoms with Gasteiger partial charge >= 0.3 is 11.9 Å². The van der Waals surface area contributed by atoms with Gasteiger partial charge in [0.1, 0.15) is 12.1 Å². The van der Waals surface area contributed by atoms with Crippen molar-refractivity contribution in [1.82, 2.24) is 0 Å². The minimum Gasteiger partial charge on any atom is -0.493 e. The van der Waals surface area contributed by atoms with E-state index in [9.17, 15) is 9.59 Å². The van der Waals surface area contributed by atoms with Gasteiger partial charge in [0.2, 0.25) is 23.0 Å². The second-order valence-electron chi connectivity index (χ2n) is 20.4. The smallest absolute Gasteiger partial charge is 0.305 e. The van der Waals surface area contributed by atoms with E-state index in [0.717, 1.165) is 85.2 Å². The number of benzene rings is 4. The first-order valence-corrected chi connectivity index (χ1v) is 26.9. The third-order valence-corrected chi connectivity index (χ3v) is 15.8. The summed E-state index contributed by atoms with van der Waals surface area (Å²) in [6, 6.07) is 11.9. The standard InChI is InChI=1S/C60H86N2O16/c1-61(27-23-41-37-49(69-7)57(73-11)59(75-13)53(41)43(61)31-39-33-45(65-3)55(71-9)46(34-39)66-4)25-19-29-77-51(63)21-17-15-16-18-22-52(64)78-30-20-26-62(2)28-24-42-38-50(70-8)58(74-12)60(76-14)54(42)44(62)32-40-35-47(67-5)56(72-10)48(36-40)68-6/h33-38,43-44H,15-32H2,1-14H3/q+2/t43-,44?,61-,62?/m1/s1. The Morgan fingerprint density at radius 1 is 0.397 bits per heavy atom. The summed E-state index contributed by atoms with van der Waals surface area (Å²) in [5.74, 6) is 6.58. The van der Waals surface area contributed by atoms with Gasteiger partial charge in [0.15, 0.2) is 46.0 Å². The Hall–Kier alpha value is -6.66. The molecular weight excluding hydrogens is 1000 g/mol. The van der Waals surface area contributed by atoms with Crippen LogP contribution in [0.2, 0.25) is 0 Å². The molecule has 0 amide bonds. The second kappa shape index (κ2) is 28.3. The molecule has 2 aliphatic heterocycles. The first-order valence-electron chi connectivity index (χ1n) is 26.9. The molecule has 4 aromatic rings. The molecule has 0 aliphatic carbocycles. The number of hydrogen-bond donors (Lipinski definition) is 0. The molecule has 0 N–H and O–H groups in total. The predicted octanol–water partition coefficient (Wildman–Crippen LogP) is 9.27. The van der Waals surface area contributed by atoms with Gasteiger partial charge in [-0.2, -0.15) is 0 Å². The zero-order valence-corrected chi connectivity index (χ0v) is 48.8. The third-order valence-electron chi connectivity index (χ3n) is 15.8. The van der Waals surface area contributed by atoms with E-state index in [2.05, 4.69) is 26.2 Å². The van der Waals surface area contributed by atoms with Gasteiger partial charge < -0.3 is 75.3 Å². The second-order valence-corrected chi connectivity index (χ2v) is 20.4. The van der Waals surface area contributed by atoms with Crippen LogP contribution in [0.4, 0.5) is 0 Å². The fourth-order valence-electron chi connectivity index (χ4n) is 11.7. The van der Waals surface area contributed by atoms with Crippen molar-refractivity contribution >= 4 is 11.9 Å². The lowest BCUT2D eigenvalue weighted by Gasteiger charge is -2.46. The third kappa shape index (κ3) is 13.6. The van der Waals surface area contributed by atoms with Crippen LogP contribution in [0.25, 0.3) is 0 Å². The van der Waals surface area contributed by atoms with E-state index < -0.39 is 0 Å². The van der Waals surface area contributed by atoms with Crippen molar-refractivity contribution in [2.24, 2.45) is 0 Å². The van der Waals surface area contributed by atoms with Crippen LogP contribution in [0.5, 0.6) is 69.0 Å². The Morgan fingerprint density at radius 3 is 1.00 bits per heavy atom. The van der Waals surface area contributed by atoms with Crippen molar-refractivity contribution < 1.29 is 84.9 Å². The Balaban J connectivity index is 0.983. The summed E-state index contributed by atoms with van der Waals surface area (Å²) in [6.45, 7) is 3.81. The number of nitrogens with zero attached hydrogens (tertiary/aromatic N) is 2. The Morgan fingerprint density at radius 2 is 0.705 bits per heavy atom. The molecule has 4 aromatic carbocycles. The summed E-state index contributed by atoms with van der Waals surface area (Å²) in [5, 5.41) is 0. The molecule has 2 aliphatic rings. The number of hydrogen-bond acceptors (Lipinski definition) is 16. The molecule has 18 nitrogen and oxygen atoms in total. The molecule has 0 saturated carbocycles. The van der Waals surface area contributed by atoms with Gasteiger partial charge in [-0.15, -0.1) is 0 Å². The Labute approximate surface area is 462 Å². The number of carbonyl (C=O) groups is 2. The molecule has 0 fully saturated rings. The molecule has 2 unspecified atom stereocenters. The van der Waals surface area contributed by atoms with Crippen LogP contribution in [-0.2, 0) is 44.7 Å². The molecule has 0 spiro atoms. The number of likely N-dealkylation sites (N-methyl/N-ethyl adjacent to an activating group) is 2. The van der Waals surface area contributed by atoms with E-state index in [1.807, 2.05) is 24.3 Å². The van der Waals surface area contributed by atoms with Crippen LogP contribution in [0, 0.1) is 0 Å². The maximum Gasteiger partial charge on any atom is 0.305 e. The summed E-state index contributed by atoms with van der Waals surface area (Å²) in [5.41, 5.74) is 6.40. The van der Waals surface area contributed by atoms with Gasteiger partial charge in [0.05, 0.1) is 150 Å². The Bertz CT molecular complexity index is 2430. The highest BCUT2D eigenvalue weighted by atomic mass is 16.6. The zero-order chi connectivity index (χ0) is 56.6. The van der Waals surface area contributed by atoms with Crippen molar-refractivity contribution in [2.75, 3.05) is 139 Å². The summed E-state index contributed by atoms with van der Waals surface area (Å²) in [7, 11) is 24.0. The largest absolute Gasteiger partial charge is 0.493 e. The maximum atomic E-state index is 13.0. The average Bonchev–Trinajstić information content (AvgIpc) is 3.66. The van der Waals surface area contributed by atoms with Gasteiger partial charge in [0.25, 0.3) is 0 Å². The fraction of sp³-hybridized carbons (Fsp3) is 0.567. The SMILES string of the molecule is COc1cc(CC2c3c(cc(OC)c(OC)c3OC)CC[N+]2(C)CCCOC(=O)CCCCCCC(=O)OCCC[N@+]2(C)CCc3cc(OC)c(OC)c(OC)c3[C@H]2Cc2cc(OC)c(OC)c(OC)c2)cc(OC)c1OC. The molecular formula is C60H86N2O16+2. The maximum absolute atomic E-state index is 13.0. The van der Waals surface area contributed by atoms with Crippen LogP contribution >= 0.6 is 0 Å². The van der Waals surface area contributed by atoms with Crippen molar-refractivity contribution in [3.63, 3.8) is 0 Å².